The number of fused-ring (bicyclic) bond motifs is 1. The second-order valence-electron chi connectivity index (χ2n) is 12.2. The van der Waals surface area contributed by atoms with Gasteiger partial charge in [0.1, 0.15) is 0 Å². The Hall–Kier alpha value is -4.69. The van der Waals surface area contributed by atoms with E-state index in [1.807, 2.05) is 45.9 Å². The number of aromatic nitrogens is 5. The summed E-state index contributed by atoms with van der Waals surface area (Å²) in [4.78, 5) is 30.4. The molecule has 0 radical (unpaired) electrons. The maximum Gasteiger partial charge on any atom is 0.258 e. The SMILES string of the molecule is COc1cc(-c2nc(Nc3ccc4c(cnn4C4CCCCO4)c3)nn2C2CCCCO2)ccc1OCC(=O)NC1CN(C(C)=O)C1. The lowest BCUT2D eigenvalue weighted by molar-refractivity contribution is -0.136. The second kappa shape index (κ2) is 13.6. The summed E-state index contributed by atoms with van der Waals surface area (Å²) in [6.07, 6.45) is 7.62. The predicted octanol–water partition coefficient (Wildman–Crippen LogP) is 4.17. The first-order valence-corrected chi connectivity index (χ1v) is 16.3. The molecule has 0 aliphatic carbocycles. The van der Waals surface area contributed by atoms with E-state index in [1.54, 1.807) is 18.1 Å². The molecule has 0 spiro atoms. The minimum Gasteiger partial charge on any atom is -0.493 e. The first kappa shape index (κ1) is 30.9. The molecule has 2 aromatic heterocycles. The van der Waals surface area contributed by atoms with E-state index in [2.05, 4.69) is 15.7 Å². The minimum absolute atomic E-state index is 0.000551. The van der Waals surface area contributed by atoms with E-state index >= 15 is 0 Å². The lowest BCUT2D eigenvalue weighted by atomic mass is 10.1. The van der Waals surface area contributed by atoms with Gasteiger partial charge in [0.25, 0.3) is 5.91 Å². The highest BCUT2D eigenvalue weighted by molar-refractivity contribution is 5.83. The molecule has 14 heteroatoms. The summed E-state index contributed by atoms with van der Waals surface area (Å²) < 4.78 is 27.3. The number of hydrogen-bond acceptors (Lipinski definition) is 10. The number of benzene rings is 2. The van der Waals surface area contributed by atoms with Crippen molar-refractivity contribution < 1.29 is 28.5 Å². The van der Waals surface area contributed by atoms with E-state index < -0.39 is 0 Å². The molecular weight excluding hydrogens is 604 g/mol. The summed E-state index contributed by atoms with van der Waals surface area (Å²) in [5.41, 5.74) is 2.62. The Kier molecular flexibility index (Phi) is 8.94. The Morgan fingerprint density at radius 2 is 1.72 bits per heavy atom. The lowest BCUT2D eigenvalue weighted by Crippen LogP contribution is -2.61. The highest BCUT2D eigenvalue weighted by atomic mass is 16.5. The molecule has 7 rings (SSSR count). The molecule has 3 aliphatic heterocycles. The number of methoxy groups -OCH3 is 1. The molecule has 4 aromatic rings. The van der Waals surface area contributed by atoms with Crippen molar-refractivity contribution in [2.45, 2.75) is 63.9 Å². The number of carbonyl (C=O) groups excluding carboxylic acids is 2. The highest BCUT2D eigenvalue weighted by Gasteiger charge is 2.30. The Morgan fingerprint density at radius 3 is 2.43 bits per heavy atom. The molecule has 3 aliphatic rings. The van der Waals surface area contributed by atoms with Crippen LogP contribution in [0.1, 0.15) is 57.9 Å². The van der Waals surface area contributed by atoms with Crippen molar-refractivity contribution in [3.05, 3.63) is 42.6 Å². The zero-order chi connectivity index (χ0) is 32.3. The number of likely N-dealkylation sites (tertiary alicyclic amines) is 1. The van der Waals surface area contributed by atoms with Gasteiger partial charge in [0, 0.05) is 49.9 Å². The van der Waals surface area contributed by atoms with E-state index in [0.29, 0.717) is 43.0 Å². The van der Waals surface area contributed by atoms with Crippen molar-refractivity contribution >= 4 is 34.4 Å². The third-order valence-electron chi connectivity index (χ3n) is 8.81. The van der Waals surface area contributed by atoms with Gasteiger partial charge in [0.05, 0.1) is 24.9 Å². The van der Waals surface area contributed by atoms with Gasteiger partial charge in [-0.3, -0.25) is 9.59 Å². The van der Waals surface area contributed by atoms with Crippen LogP contribution in [0.4, 0.5) is 11.6 Å². The van der Waals surface area contributed by atoms with Crippen LogP contribution in [0.2, 0.25) is 0 Å². The van der Waals surface area contributed by atoms with Gasteiger partial charge in [-0.1, -0.05) is 0 Å². The van der Waals surface area contributed by atoms with E-state index in [1.165, 1.54) is 6.92 Å². The normalized spacial score (nSPS) is 20.1. The van der Waals surface area contributed by atoms with Gasteiger partial charge in [0.2, 0.25) is 11.9 Å². The van der Waals surface area contributed by atoms with Gasteiger partial charge >= 0.3 is 0 Å². The number of ether oxygens (including phenoxy) is 4. The number of nitrogens with one attached hydrogen (secondary N) is 2. The number of carbonyl (C=O) groups is 2. The molecule has 47 heavy (non-hydrogen) atoms. The number of anilines is 2. The quantitative estimate of drug-likeness (QED) is 0.258. The average molecular weight is 645 g/mol. The molecule has 14 nitrogen and oxygen atoms in total. The topological polar surface area (TPSA) is 147 Å². The van der Waals surface area contributed by atoms with Crippen molar-refractivity contribution in [1.29, 1.82) is 0 Å². The van der Waals surface area contributed by atoms with Crippen LogP contribution in [0.3, 0.4) is 0 Å². The van der Waals surface area contributed by atoms with Gasteiger partial charge in [-0.05, 0) is 74.9 Å². The fraction of sp³-hybridized carbons (Fsp3) is 0.485. The van der Waals surface area contributed by atoms with Crippen molar-refractivity contribution in [2.24, 2.45) is 0 Å². The van der Waals surface area contributed by atoms with Crippen LogP contribution >= 0.6 is 0 Å². The molecular formula is C33H40N8O6. The molecule has 0 saturated carbocycles. The Balaban J connectivity index is 1.08. The Morgan fingerprint density at radius 1 is 0.957 bits per heavy atom. The summed E-state index contributed by atoms with van der Waals surface area (Å²) in [5.74, 6) is 1.68. The predicted molar refractivity (Wildman–Crippen MR) is 172 cm³/mol. The molecule has 2 N–H and O–H groups in total. The molecule has 2 atom stereocenters. The molecule has 3 saturated heterocycles. The van der Waals surface area contributed by atoms with E-state index in [4.69, 9.17) is 29.0 Å². The third kappa shape index (κ3) is 6.74. The smallest absolute Gasteiger partial charge is 0.258 e. The van der Waals surface area contributed by atoms with Gasteiger partial charge in [0.15, 0.2) is 36.4 Å². The second-order valence-corrected chi connectivity index (χ2v) is 12.2. The largest absolute Gasteiger partial charge is 0.493 e. The number of hydrogen-bond donors (Lipinski definition) is 2. The van der Waals surface area contributed by atoms with Crippen LogP contribution in [0, 0.1) is 0 Å². The summed E-state index contributed by atoms with van der Waals surface area (Å²) in [5, 5.41) is 16.7. The van der Waals surface area contributed by atoms with Crippen LogP contribution < -0.4 is 20.1 Å². The monoisotopic (exact) mass is 644 g/mol. The average Bonchev–Trinajstić information content (AvgIpc) is 3.70. The molecule has 0 bridgehead atoms. The first-order valence-electron chi connectivity index (χ1n) is 16.3. The molecule has 2 amide bonds. The zero-order valence-corrected chi connectivity index (χ0v) is 26.7. The van der Waals surface area contributed by atoms with Crippen LogP contribution in [0.15, 0.2) is 42.6 Å². The number of nitrogens with zero attached hydrogens (tertiary/aromatic N) is 6. The Labute approximate surface area is 272 Å². The Bertz CT molecular complexity index is 1740. The number of rotatable bonds is 10. The van der Waals surface area contributed by atoms with Crippen molar-refractivity contribution in [3.63, 3.8) is 0 Å². The molecule has 3 fully saturated rings. The molecule has 5 heterocycles. The maximum absolute atomic E-state index is 12.5. The van der Waals surface area contributed by atoms with E-state index in [9.17, 15) is 9.59 Å². The lowest BCUT2D eigenvalue weighted by Gasteiger charge is -2.38. The fourth-order valence-corrected chi connectivity index (χ4v) is 6.26. The number of amides is 2. The van der Waals surface area contributed by atoms with E-state index in [-0.39, 0.29) is 36.9 Å². The minimum atomic E-state index is -0.262. The maximum atomic E-state index is 12.5. The summed E-state index contributed by atoms with van der Waals surface area (Å²) in [6.45, 7) is 3.78. The summed E-state index contributed by atoms with van der Waals surface area (Å²) >= 11 is 0. The standard InChI is InChI=1S/C33H40N8O6/c1-21(42)39-18-25(19-39)35-29(43)20-47-27-12-9-22(16-28(27)44-2)32-37-33(38-41(32)31-8-4-6-14-46-31)36-24-10-11-26-23(15-24)17-34-40(26)30-7-3-5-13-45-30/h9-12,15-17,25,30-31H,3-8,13-14,18-20H2,1-2H3,(H,35,43)(H,36,38). The summed E-state index contributed by atoms with van der Waals surface area (Å²) in [7, 11) is 1.55. The fourth-order valence-electron chi connectivity index (χ4n) is 6.26. The molecule has 248 valence electrons. The molecule has 2 unspecified atom stereocenters. The van der Waals surface area contributed by atoms with Gasteiger partial charge in [-0.2, -0.15) is 10.1 Å². The van der Waals surface area contributed by atoms with Crippen molar-refractivity contribution in [1.82, 2.24) is 34.8 Å². The van der Waals surface area contributed by atoms with Crippen LogP contribution in [-0.4, -0.2) is 87.3 Å². The first-order chi connectivity index (χ1) is 22.9. The zero-order valence-electron chi connectivity index (χ0n) is 26.7. The third-order valence-corrected chi connectivity index (χ3v) is 8.81. The highest BCUT2D eigenvalue weighted by Crippen LogP contribution is 2.35. The van der Waals surface area contributed by atoms with Crippen LogP contribution in [0.5, 0.6) is 11.5 Å². The van der Waals surface area contributed by atoms with Crippen molar-refractivity contribution in [2.75, 3.05) is 45.3 Å². The van der Waals surface area contributed by atoms with Gasteiger partial charge in [-0.15, -0.1) is 5.10 Å². The van der Waals surface area contributed by atoms with Gasteiger partial charge < -0.3 is 34.5 Å². The molecule has 2 aromatic carbocycles. The van der Waals surface area contributed by atoms with E-state index in [0.717, 1.165) is 67.3 Å². The van der Waals surface area contributed by atoms with Gasteiger partial charge in [-0.25, -0.2) is 9.36 Å². The van der Waals surface area contributed by atoms with Crippen molar-refractivity contribution in [3.8, 4) is 22.9 Å². The van der Waals surface area contributed by atoms with Crippen LogP contribution in [0.25, 0.3) is 22.3 Å². The summed E-state index contributed by atoms with van der Waals surface area (Å²) in [6, 6.07) is 11.5. The van der Waals surface area contributed by atoms with Crippen LogP contribution in [-0.2, 0) is 19.1 Å².